The van der Waals surface area contributed by atoms with Crippen molar-refractivity contribution in [1.29, 1.82) is 0 Å². The van der Waals surface area contributed by atoms with Crippen molar-refractivity contribution in [3.8, 4) is 0 Å². The lowest BCUT2D eigenvalue weighted by Gasteiger charge is -2.40. The summed E-state index contributed by atoms with van der Waals surface area (Å²) in [6.45, 7) is 2.16. The Morgan fingerprint density at radius 2 is 1.93 bits per heavy atom. The first-order valence-corrected chi connectivity index (χ1v) is 5.67. The maximum atomic E-state index is 6.24. The molecule has 15 heavy (non-hydrogen) atoms. The molecule has 0 N–H and O–H groups in total. The third-order valence-electron chi connectivity index (χ3n) is 3.96. The van der Waals surface area contributed by atoms with Gasteiger partial charge >= 0.3 is 0 Å². The molecule has 2 aliphatic rings. The molecule has 1 aliphatic carbocycles. The lowest BCUT2D eigenvalue weighted by atomic mass is 9.59. The molecule has 4 heteroatoms. The number of rotatable bonds is 0. The Labute approximate surface area is 93.9 Å². The van der Waals surface area contributed by atoms with E-state index in [1.807, 2.05) is 7.05 Å². The van der Waals surface area contributed by atoms with E-state index in [0.717, 1.165) is 18.8 Å². The molecule has 1 heterocycles. The van der Waals surface area contributed by atoms with Crippen LogP contribution in [0.15, 0.2) is 4.99 Å². The van der Waals surface area contributed by atoms with E-state index in [4.69, 9.17) is 7.85 Å². The van der Waals surface area contributed by atoms with E-state index in [1.54, 1.807) is 0 Å². The van der Waals surface area contributed by atoms with Crippen LogP contribution in [0.5, 0.6) is 0 Å². The van der Waals surface area contributed by atoms with Crippen molar-refractivity contribution in [3.63, 3.8) is 0 Å². The van der Waals surface area contributed by atoms with E-state index in [2.05, 4.69) is 35.8 Å². The van der Waals surface area contributed by atoms with Crippen molar-refractivity contribution in [2.45, 2.75) is 43.6 Å². The minimum absolute atomic E-state index is 0.000538. The van der Waals surface area contributed by atoms with E-state index in [1.165, 1.54) is 6.42 Å². The van der Waals surface area contributed by atoms with Gasteiger partial charge in [0.25, 0.3) is 0 Å². The number of aliphatic imine (C=N–C) groups is 1. The van der Waals surface area contributed by atoms with Crippen LogP contribution >= 0.6 is 0 Å². The fourth-order valence-electron chi connectivity index (χ4n) is 3.09. The zero-order valence-electron chi connectivity index (χ0n) is 10.2. The summed E-state index contributed by atoms with van der Waals surface area (Å²) < 4.78 is 0. The van der Waals surface area contributed by atoms with Crippen LogP contribution in [0.3, 0.4) is 0 Å². The van der Waals surface area contributed by atoms with Gasteiger partial charge in [0.15, 0.2) is 5.96 Å². The number of nitrogens with zero attached hydrogens (tertiary/aromatic N) is 3. The minimum atomic E-state index is -0.000538. The number of hydrogen-bond donors (Lipinski definition) is 0. The molecular formula is C11H20BN3. The Morgan fingerprint density at radius 1 is 1.33 bits per heavy atom. The van der Waals surface area contributed by atoms with E-state index in [-0.39, 0.29) is 5.31 Å². The van der Waals surface area contributed by atoms with E-state index >= 15 is 0 Å². The molecule has 2 fully saturated rings. The Bertz CT molecular complexity index is 288. The van der Waals surface area contributed by atoms with Crippen molar-refractivity contribution in [2.24, 2.45) is 4.99 Å². The van der Waals surface area contributed by atoms with Crippen molar-refractivity contribution >= 4 is 13.8 Å². The van der Waals surface area contributed by atoms with Gasteiger partial charge in [-0.05, 0) is 12.8 Å². The summed E-state index contributed by atoms with van der Waals surface area (Å²) in [5, 5.41) is -0.000538. The van der Waals surface area contributed by atoms with Gasteiger partial charge in [-0.25, -0.2) is 0 Å². The first kappa shape index (κ1) is 10.8. The second-order valence-corrected chi connectivity index (χ2v) is 5.28. The first-order chi connectivity index (χ1) is 6.96. The van der Waals surface area contributed by atoms with Crippen LogP contribution in [-0.4, -0.2) is 56.8 Å². The fraction of sp³-hybridized carbons (Fsp3) is 0.909. The average Bonchev–Trinajstić information content (AvgIpc) is 2.38. The van der Waals surface area contributed by atoms with Gasteiger partial charge < -0.3 is 9.80 Å². The second kappa shape index (κ2) is 3.43. The molecule has 0 aromatic rings. The lowest BCUT2D eigenvalue weighted by Crippen LogP contribution is -2.42. The lowest BCUT2D eigenvalue weighted by molar-refractivity contribution is 0.201. The molecule has 3 nitrogen and oxygen atoms in total. The number of fused-ring (bicyclic) bond motifs is 1. The molecule has 0 aromatic heterocycles. The molecule has 0 bridgehead atoms. The largest absolute Gasteiger partial charge is 0.341 e. The highest BCUT2D eigenvalue weighted by molar-refractivity contribution is 6.15. The highest BCUT2D eigenvalue weighted by Crippen LogP contribution is 2.44. The predicted molar refractivity (Wildman–Crippen MR) is 64.4 cm³/mol. The standard InChI is InChI=1S/C11H20BN3/c1-11(12)6-5-8-9(7-11)15(4)10(13-2)14(8)3/h8-9H,5-7H2,1-4H3. The van der Waals surface area contributed by atoms with Crippen molar-refractivity contribution in [3.05, 3.63) is 0 Å². The molecule has 3 atom stereocenters. The smallest absolute Gasteiger partial charge is 0.196 e. The summed E-state index contributed by atoms with van der Waals surface area (Å²) >= 11 is 0. The van der Waals surface area contributed by atoms with Crippen LogP contribution in [0.1, 0.15) is 26.2 Å². The first-order valence-electron chi connectivity index (χ1n) is 5.67. The molecule has 2 rings (SSSR count). The zero-order valence-corrected chi connectivity index (χ0v) is 10.2. The van der Waals surface area contributed by atoms with Crippen LogP contribution in [-0.2, 0) is 0 Å². The Kier molecular flexibility index (Phi) is 2.48. The molecule has 2 radical (unpaired) electrons. The van der Waals surface area contributed by atoms with Crippen LogP contribution < -0.4 is 0 Å². The molecule has 3 unspecified atom stereocenters. The van der Waals surface area contributed by atoms with Crippen LogP contribution in [0.25, 0.3) is 0 Å². The molecular weight excluding hydrogens is 185 g/mol. The minimum Gasteiger partial charge on any atom is -0.341 e. The zero-order chi connectivity index (χ0) is 11.2. The van der Waals surface area contributed by atoms with Gasteiger partial charge in [0.05, 0.1) is 19.9 Å². The monoisotopic (exact) mass is 205 g/mol. The Morgan fingerprint density at radius 3 is 2.53 bits per heavy atom. The Hall–Kier alpha value is -0.665. The van der Waals surface area contributed by atoms with Crippen molar-refractivity contribution in [1.82, 2.24) is 9.80 Å². The third kappa shape index (κ3) is 1.64. The van der Waals surface area contributed by atoms with Gasteiger partial charge in [0.2, 0.25) is 0 Å². The summed E-state index contributed by atoms with van der Waals surface area (Å²) in [6, 6.07) is 1.14. The second-order valence-electron chi connectivity index (χ2n) is 5.28. The van der Waals surface area contributed by atoms with Gasteiger partial charge in [-0.2, -0.15) is 0 Å². The normalized spacial score (nSPS) is 43.6. The molecule has 1 aliphatic heterocycles. The molecule has 0 spiro atoms. The highest BCUT2D eigenvalue weighted by atomic mass is 15.4. The third-order valence-corrected chi connectivity index (χ3v) is 3.96. The summed E-state index contributed by atoms with van der Waals surface area (Å²) in [6.07, 6.45) is 3.36. The molecule has 1 saturated carbocycles. The van der Waals surface area contributed by atoms with Gasteiger partial charge in [-0.3, -0.25) is 4.99 Å². The van der Waals surface area contributed by atoms with Crippen molar-refractivity contribution < 1.29 is 0 Å². The number of hydrogen-bond acceptors (Lipinski definition) is 1. The maximum absolute atomic E-state index is 6.24. The molecule has 0 aromatic carbocycles. The molecule has 0 amide bonds. The van der Waals surface area contributed by atoms with Gasteiger partial charge in [-0.15, -0.1) is 0 Å². The van der Waals surface area contributed by atoms with Crippen LogP contribution in [0.2, 0.25) is 5.31 Å². The van der Waals surface area contributed by atoms with Gasteiger partial charge in [-0.1, -0.05) is 18.7 Å². The molecule has 82 valence electrons. The van der Waals surface area contributed by atoms with Crippen LogP contribution in [0.4, 0.5) is 0 Å². The SMILES string of the molecule is [B]C1(C)CCC2C(C1)N(C)C(=NC)N2C. The summed E-state index contributed by atoms with van der Waals surface area (Å²) in [5.74, 6) is 1.10. The van der Waals surface area contributed by atoms with E-state index in [9.17, 15) is 0 Å². The summed E-state index contributed by atoms with van der Waals surface area (Å²) in [4.78, 5) is 8.94. The van der Waals surface area contributed by atoms with E-state index in [0.29, 0.717) is 12.1 Å². The van der Waals surface area contributed by atoms with Gasteiger partial charge in [0.1, 0.15) is 0 Å². The quantitative estimate of drug-likeness (QED) is 0.552. The van der Waals surface area contributed by atoms with E-state index < -0.39 is 0 Å². The topological polar surface area (TPSA) is 18.8 Å². The van der Waals surface area contributed by atoms with Crippen LogP contribution in [0, 0.1) is 0 Å². The average molecular weight is 205 g/mol. The fourth-order valence-corrected chi connectivity index (χ4v) is 3.09. The highest BCUT2D eigenvalue weighted by Gasteiger charge is 2.45. The number of guanidine groups is 1. The maximum Gasteiger partial charge on any atom is 0.196 e. The van der Waals surface area contributed by atoms with Crippen molar-refractivity contribution in [2.75, 3.05) is 21.1 Å². The van der Waals surface area contributed by atoms with Gasteiger partial charge in [0, 0.05) is 21.1 Å². The molecule has 1 saturated heterocycles. The number of likely N-dealkylation sites (N-methyl/N-ethyl adjacent to an activating group) is 2. The summed E-state index contributed by atoms with van der Waals surface area (Å²) in [7, 11) is 12.4. The Balaban J connectivity index is 2.23. The summed E-state index contributed by atoms with van der Waals surface area (Å²) in [5.41, 5.74) is 0. The predicted octanol–water partition coefficient (Wildman–Crippen LogP) is 1.12.